The highest BCUT2D eigenvalue weighted by molar-refractivity contribution is 7.89. The number of hydrogen-bond donors (Lipinski definition) is 3. The fourth-order valence-corrected chi connectivity index (χ4v) is 3.24. The number of nitrogens with two attached hydrogens (primary N) is 1. The van der Waals surface area contributed by atoms with Crippen LogP contribution in [0.3, 0.4) is 0 Å². The van der Waals surface area contributed by atoms with Gasteiger partial charge in [0.1, 0.15) is 0 Å². The Bertz CT molecular complexity index is 690. The third kappa shape index (κ3) is 3.28. The summed E-state index contributed by atoms with van der Waals surface area (Å²) in [4.78, 5) is 0.173. The summed E-state index contributed by atoms with van der Waals surface area (Å²) in [5.41, 5.74) is 6.42. The molecule has 0 aliphatic heterocycles. The van der Waals surface area contributed by atoms with Crippen molar-refractivity contribution in [2.45, 2.75) is 44.3 Å². The topological polar surface area (TPSA) is 132 Å². The molecule has 21 heavy (non-hydrogen) atoms. The molecule has 10 heteroatoms. The zero-order valence-corrected chi connectivity index (χ0v) is 12.9. The van der Waals surface area contributed by atoms with Gasteiger partial charge in [0.25, 0.3) is 0 Å². The Morgan fingerprint density at radius 2 is 2.14 bits per heavy atom. The molecular formula is C11H19N7O2S. The van der Waals surface area contributed by atoms with Crippen LogP contribution in [0.5, 0.6) is 0 Å². The Balaban J connectivity index is 2.27. The maximum atomic E-state index is 12.4. The van der Waals surface area contributed by atoms with Crippen molar-refractivity contribution < 1.29 is 8.42 Å². The summed E-state index contributed by atoms with van der Waals surface area (Å²) in [6, 6.07) is 1.12. The SMILES string of the molecule is CC(NS(=O)(=O)c1cc(CN)n(C(C)C)c1)c1nn[nH]n1. The summed E-state index contributed by atoms with van der Waals surface area (Å²) >= 11 is 0. The molecule has 0 aliphatic rings. The Morgan fingerprint density at radius 3 is 2.62 bits per heavy atom. The van der Waals surface area contributed by atoms with Crippen molar-refractivity contribution in [3.63, 3.8) is 0 Å². The number of H-pyrrole nitrogens is 1. The molecule has 0 saturated carbocycles. The van der Waals surface area contributed by atoms with Gasteiger partial charge in [0.2, 0.25) is 10.0 Å². The smallest absolute Gasteiger partial charge is 0.242 e. The number of nitrogens with one attached hydrogen (secondary N) is 2. The van der Waals surface area contributed by atoms with E-state index in [0.29, 0.717) is 0 Å². The predicted octanol–water partition coefficient (Wildman–Crippen LogP) is 0.0803. The van der Waals surface area contributed by atoms with Crippen molar-refractivity contribution >= 4 is 10.0 Å². The lowest BCUT2D eigenvalue weighted by molar-refractivity contribution is 0.556. The lowest BCUT2D eigenvalue weighted by Gasteiger charge is -2.11. The monoisotopic (exact) mass is 313 g/mol. The van der Waals surface area contributed by atoms with E-state index in [9.17, 15) is 8.42 Å². The Labute approximate surface area is 123 Å². The first-order valence-corrected chi connectivity index (χ1v) is 8.00. The summed E-state index contributed by atoms with van der Waals surface area (Å²) in [6.07, 6.45) is 1.58. The van der Waals surface area contributed by atoms with Gasteiger partial charge in [-0.05, 0) is 26.8 Å². The van der Waals surface area contributed by atoms with Gasteiger partial charge in [-0.3, -0.25) is 0 Å². The predicted molar refractivity (Wildman–Crippen MR) is 75.6 cm³/mol. The van der Waals surface area contributed by atoms with Crippen LogP contribution < -0.4 is 10.5 Å². The number of nitrogens with zero attached hydrogens (tertiary/aromatic N) is 4. The summed E-state index contributed by atoms with van der Waals surface area (Å²) in [7, 11) is -3.68. The van der Waals surface area contributed by atoms with Gasteiger partial charge in [0.05, 0.1) is 10.9 Å². The van der Waals surface area contributed by atoms with Gasteiger partial charge in [0, 0.05) is 24.5 Å². The lowest BCUT2D eigenvalue weighted by Crippen LogP contribution is -2.27. The second-order valence-electron chi connectivity index (χ2n) is 4.99. The van der Waals surface area contributed by atoms with Gasteiger partial charge in [-0.15, -0.1) is 10.2 Å². The van der Waals surface area contributed by atoms with E-state index in [4.69, 9.17) is 5.73 Å². The van der Waals surface area contributed by atoms with Gasteiger partial charge >= 0.3 is 0 Å². The van der Waals surface area contributed by atoms with Crippen LogP contribution in [0.2, 0.25) is 0 Å². The number of tetrazole rings is 1. The van der Waals surface area contributed by atoms with E-state index in [1.165, 1.54) is 0 Å². The maximum Gasteiger partial charge on any atom is 0.242 e. The zero-order valence-electron chi connectivity index (χ0n) is 12.1. The van der Waals surface area contributed by atoms with Crippen LogP contribution in [0.15, 0.2) is 17.2 Å². The quantitative estimate of drug-likeness (QED) is 0.692. The summed E-state index contributed by atoms with van der Waals surface area (Å²) in [5, 5.41) is 13.2. The fourth-order valence-electron chi connectivity index (χ4n) is 1.99. The largest absolute Gasteiger partial charge is 0.346 e. The highest BCUT2D eigenvalue weighted by atomic mass is 32.2. The minimum atomic E-state index is -3.68. The maximum absolute atomic E-state index is 12.4. The molecule has 0 bridgehead atoms. The van der Waals surface area contributed by atoms with Crippen molar-refractivity contribution in [3.8, 4) is 0 Å². The minimum absolute atomic E-state index is 0.127. The van der Waals surface area contributed by atoms with Crippen LogP contribution in [0.25, 0.3) is 0 Å². The molecule has 2 rings (SSSR count). The molecule has 0 aliphatic carbocycles. The molecule has 2 aromatic heterocycles. The molecule has 1 unspecified atom stereocenters. The van der Waals surface area contributed by atoms with Crippen LogP contribution in [0, 0.1) is 0 Å². The summed E-state index contributed by atoms with van der Waals surface area (Å²) < 4.78 is 29.1. The van der Waals surface area contributed by atoms with Crippen molar-refractivity contribution in [3.05, 3.63) is 23.8 Å². The summed E-state index contributed by atoms with van der Waals surface area (Å²) in [5.74, 6) is 0.279. The molecule has 0 aromatic carbocycles. The van der Waals surface area contributed by atoms with E-state index in [0.717, 1.165) is 5.69 Å². The van der Waals surface area contributed by atoms with Gasteiger partial charge in [-0.1, -0.05) is 5.21 Å². The third-order valence-electron chi connectivity index (χ3n) is 3.06. The molecule has 0 radical (unpaired) electrons. The van der Waals surface area contributed by atoms with Crippen molar-refractivity contribution in [1.82, 2.24) is 29.9 Å². The molecule has 0 amide bonds. The lowest BCUT2D eigenvalue weighted by atomic mass is 10.3. The van der Waals surface area contributed by atoms with Gasteiger partial charge in [0.15, 0.2) is 5.82 Å². The van der Waals surface area contributed by atoms with Crippen LogP contribution in [0.4, 0.5) is 0 Å². The highest BCUT2D eigenvalue weighted by Crippen LogP contribution is 2.20. The molecule has 0 fully saturated rings. The summed E-state index contributed by atoms with van der Waals surface area (Å²) in [6.45, 7) is 5.84. The van der Waals surface area contributed by atoms with E-state index < -0.39 is 16.1 Å². The average Bonchev–Trinajstić information content (AvgIpc) is 3.07. The number of aromatic nitrogens is 5. The number of aromatic amines is 1. The van der Waals surface area contributed by atoms with Crippen LogP contribution in [-0.4, -0.2) is 33.6 Å². The second kappa shape index (κ2) is 5.92. The van der Waals surface area contributed by atoms with E-state index in [-0.39, 0.29) is 23.3 Å². The van der Waals surface area contributed by atoms with Crippen LogP contribution >= 0.6 is 0 Å². The second-order valence-corrected chi connectivity index (χ2v) is 6.70. The van der Waals surface area contributed by atoms with Crippen molar-refractivity contribution in [1.29, 1.82) is 0 Å². The first kappa shape index (κ1) is 15.6. The third-order valence-corrected chi connectivity index (χ3v) is 4.57. The molecule has 9 nitrogen and oxygen atoms in total. The average molecular weight is 313 g/mol. The first-order chi connectivity index (χ1) is 9.85. The zero-order chi connectivity index (χ0) is 15.6. The Morgan fingerprint density at radius 1 is 1.43 bits per heavy atom. The standard InChI is InChI=1S/C11H19N7O2S/c1-7(2)18-6-10(4-9(18)5-12)21(19,20)15-8(3)11-13-16-17-14-11/h4,6-8,15H,5,12H2,1-3H3,(H,13,14,16,17). The Hall–Kier alpha value is -1.78. The van der Waals surface area contributed by atoms with Gasteiger partial charge in [-0.25, -0.2) is 13.1 Å². The molecule has 0 spiro atoms. The van der Waals surface area contributed by atoms with E-state index in [2.05, 4.69) is 25.3 Å². The molecule has 116 valence electrons. The Kier molecular flexibility index (Phi) is 4.40. The normalized spacial score (nSPS) is 13.8. The molecule has 2 heterocycles. The van der Waals surface area contributed by atoms with Gasteiger partial charge < -0.3 is 10.3 Å². The van der Waals surface area contributed by atoms with E-state index in [1.54, 1.807) is 19.2 Å². The number of rotatable bonds is 6. The minimum Gasteiger partial charge on any atom is -0.346 e. The molecule has 0 saturated heterocycles. The van der Waals surface area contributed by atoms with Crippen molar-refractivity contribution in [2.24, 2.45) is 5.73 Å². The van der Waals surface area contributed by atoms with Crippen LogP contribution in [0.1, 0.15) is 44.4 Å². The highest BCUT2D eigenvalue weighted by Gasteiger charge is 2.23. The molecule has 2 aromatic rings. The molecule has 4 N–H and O–H groups in total. The fraction of sp³-hybridized carbons (Fsp3) is 0.545. The number of sulfonamides is 1. The van der Waals surface area contributed by atoms with E-state index in [1.807, 2.05) is 18.4 Å². The van der Waals surface area contributed by atoms with Crippen LogP contribution in [-0.2, 0) is 16.6 Å². The first-order valence-electron chi connectivity index (χ1n) is 6.51. The molecular weight excluding hydrogens is 294 g/mol. The molecule has 1 atom stereocenters. The number of hydrogen-bond acceptors (Lipinski definition) is 6. The van der Waals surface area contributed by atoms with E-state index >= 15 is 0 Å². The van der Waals surface area contributed by atoms with Gasteiger partial charge in [-0.2, -0.15) is 5.21 Å². The van der Waals surface area contributed by atoms with Crippen molar-refractivity contribution in [2.75, 3.05) is 0 Å².